The van der Waals surface area contributed by atoms with Gasteiger partial charge in [0.1, 0.15) is 16.6 Å². The highest BCUT2D eigenvalue weighted by atomic mass is 32.1. The Morgan fingerprint density at radius 2 is 2.10 bits per heavy atom. The summed E-state index contributed by atoms with van der Waals surface area (Å²) in [4.78, 5) is 8.89. The lowest BCUT2D eigenvalue weighted by molar-refractivity contribution is 0.285. The first kappa shape index (κ1) is 14.5. The van der Waals surface area contributed by atoms with Crippen molar-refractivity contribution in [3.8, 4) is 0 Å². The number of aryl methyl sites for hydroxylation is 1. The molecule has 0 radical (unpaired) electrons. The number of aliphatic hydroxyl groups excluding tert-OH is 1. The largest absolute Gasteiger partial charge is 0.510 e. The van der Waals surface area contributed by atoms with E-state index in [-0.39, 0.29) is 0 Å². The van der Waals surface area contributed by atoms with Crippen molar-refractivity contribution in [1.82, 2.24) is 14.8 Å². The highest BCUT2D eigenvalue weighted by Gasteiger charge is 2.30. The third-order valence-corrected chi connectivity index (χ3v) is 5.10. The Balaban J connectivity index is 1.65. The predicted molar refractivity (Wildman–Crippen MR) is 86.0 cm³/mol. The van der Waals surface area contributed by atoms with Crippen LogP contribution >= 0.6 is 11.3 Å². The number of rotatable bonds is 5. The van der Waals surface area contributed by atoms with E-state index in [2.05, 4.69) is 16.8 Å². The van der Waals surface area contributed by atoms with E-state index >= 15 is 0 Å². The Bertz CT molecular complexity index is 560. The summed E-state index contributed by atoms with van der Waals surface area (Å²) in [5.41, 5.74) is 1.65. The number of nitrogens with zero attached hydrogens (tertiary/aromatic N) is 3. The maximum absolute atomic E-state index is 10.2. The number of thiazole rings is 1. The summed E-state index contributed by atoms with van der Waals surface area (Å²) in [6, 6.07) is 0. The Morgan fingerprint density at radius 3 is 2.76 bits per heavy atom. The van der Waals surface area contributed by atoms with Crippen LogP contribution in [0.4, 0.5) is 0 Å². The second-order valence-corrected chi connectivity index (χ2v) is 6.50. The Labute approximate surface area is 129 Å². The lowest BCUT2D eigenvalue weighted by Gasteiger charge is -2.22. The lowest BCUT2D eigenvalue weighted by atomic mass is 10.2. The number of aromatic nitrogens is 1. The quantitative estimate of drug-likeness (QED) is 0.876. The summed E-state index contributed by atoms with van der Waals surface area (Å²) >= 11 is 1.52. The van der Waals surface area contributed by atoms with Crippen LogP contribution in [0.25, 0.3) is 5.57 Å². The zero-order chi connectivity index (χ0) is 14.8. The van der Waals surface area contributed by atoms with E-state index in [1.54, 1.807) is 0 Å². The molecule has 1 aromatic heterocycles. The van der Waals surface area contributed by atoms with Gasteiger partial charge in [0, 0.05) is 18.5 Å². The van der Waals surface area contributed by atoms with E-state index in [4.69, 9.17) is 5.41 Å². The van der Waals surface area contributed by atoms with Crippen LogP contribution in [-0.4, -0.2) is 58.4 Å². The van der Waals surface area contributed by atoms with Crippen LogP contribution in [-0.2, 0) is 6.42 Å². The predicted octanol–water partition coefficient (Wildman–Crippen LogP) is 2.36. The summed E-state index contributed by atoms with van der Waals surface area (Å²) in [5, 5.41) is 21.3. The van der Waals surface area contributed by atoms with E-state index in [1.165, 1.54) is 37.3 Å². The van der Waals surface area contributed by atoms with Gasteiger partial charge in [-0.05, 0) is 32.4 Å². The lowest BCUT2D eigenvalue weighted by Crippen LogP contribution is -2.35. The van der Waals surface area contributed by atoms with Gasteiger partial charge >= 0.3 is 0 Å². The first-order valence-electron chi connectivity index (χ1n) is 7.62. The van der Waals surface area contributed by atoms with Gasteiger partial charge in [-0.3, -0.25) is 5.41 Å². The highest BCUT2D eigenvalue weighted by Crippen LogP contribution is 2.29. The van der Waals surface area contributed by atoms with Gasteiger partial charge in [-0.2, -0.15) is 0 Å². The number of likely N-dealkylation sites (tertiary alicyclic amines) is 1. The fourth-order valence-electron chi connectivity index (χ4n) is 2.90. The number of nitrogens with one attached hydrogen (secondary N) is 1. The molecule has 0 bridgehead atoms. The van der Waals surface area contributed by atoms with Crippen LogP contribution < -0.4 is 0 Å². The summed E-state index contributed by atoms with van der Waals surface area (Å²) in [5.74, 6) is 0.710. The van der Waals surface area contributed by atoms with Crippen molar-refractivity contribution in [2.24, 2.45) is 0 Å². The number of hydrogen-bond acceptors (Lipinski definition) is 5. The zero-order valence-corrected chi connectivity index (χ0v) is 13.2. The zero-order valence-electron chi connectivity index (χ0n) is 12.4. The molecule has 2 N–H and O–H groups in total. The molecule has 0 spiro atoms. The molecule has 114 valence electrons. The van der Waals surface area contributed by atoms with E-state index in [9.17, 15) is 5.11 Å². The average molecular weight is 306 g/mol. The maximum Gasteiger partial charge on any atom is 0.135 e. The molecule has 5 nitrogen and oxygen atoms in total. The average Bonchev–Trinajstić information content (AvgIpc) is 3.18. The second-order valence-electron chi connectivity index (χ2n) is 5.64. The molecule has 0 amide bonds. The fourth-order valence-corrected chi connectivity index (χ4v) is 3.87. The molecule has 0 aliphatic carbocycles. The summed E-state index contributed by atoms with van der Waals surface area (Å²) in [6.45, 7) is 6.62. The van der Waals surface area contributed by atoms with E-state index in [0.717, 1.165) is 30.2 Å². The van der Waals surface area contributed by atoms with Crippen molar-refractivity contribution < 1.29 is 5.11 Å². The van der Waals surface area contributed by atoms with Crippen molar-refractivity contribution >= 4 is 22.7 Å². The van der Waals surface area contributed by atoms with Gasteiger partial charge in [0.05, 0.1) is 17.8 Å². The molecule has 2 aliphatic rings. The summed E-state index contributed by atoms with van der Waals surface area (Å²) in [7, 11) is 0. The number of amidine groups is 1. The van der Waals surface area contributed by atoms with Gasteiger partial charge < -0.3 is 14.9 Å². The molecule has 3 rings (SSSR count). The Kier molecular flexibility index (Phi) is 4.26. The number of aliphatic hydroxyl groups is 1. The first-order chi connectivity index (χ1) is 10.2. The molecule has 1 fully saturated rings. The molecule has 0 atom stereocenters. The van der Waals surface area contributed by atoms with E-state index < -0.39 is 0 Å². The first-order valence-corrected chi connectivity index (χ1v) is 8.50. The Hall–Kier alpha value is -1.40. The van der Waals surface area contributed by atoms with Crippen molar-refractivity contribution in [2.75, 3.05) is 32.7 Å². The molecule has 2 aliphatic heterocycles. The highest BCUT2D eigenvalue weighted by molar-refractivity contribution is 7.11. The third-order valence-electron chi connectivity index (χ3n) is 4.19. The summed E-state index contributed by atoms with van der Waals surface area (Å²) < 4.78 is 0. The molecule has 0 unspecified atom stereocenters. The minimum absolute atomic E-state index is 0.290. The maximum atomic E-state index is 10.2. The van der Waals surface area contributed by atoms with Crippen molar-refractivity contribution in [1.29, 1.82) is 5.41 Å². The minimum Gasteiger partial charge on any atom is -0.510 e. The summed E-state index contributed by atoms with van der Waals surface area (Å²) in [6.07, 6.45) is 3.45. The Morgan fingerprint density at radius 1 is 1.33 bits per heavy atom. The van der Waals surface area contributed by atoms with Crippen LogP contribution in [0, 0.1) is 5.41 Å². The van der Waals surface area contributed by atoms with E-state index in [0.29, 0.717) is 23.7 Å². The normalized spacial score (nSPS) is 20.0. The monoisotopic (exact) mass is 306 g/mol. The minimum atomic E-state index is 0.290. The molecule has 6 heteroatoms. The van der Waals surface area contributed by atoms with Crippen LogP contribution in [0.5, 0.6) is 0 Å². The van der Waals surface area contributed by atoms with Gasteiger partial charge in [0.15, 0.2) is 0 Å². The molecule has 1 aromatic rings. The smallest absolute Gasteiger partial charge is 0.135 e. The molecule has 0 aromatic carbocycles. The van der Waals surface area contributed by atoms with Crippen LogP contribution in [0.1, 0.15) is 30.5 Å². The van der Waals surface area contributed by atoms with Gasteiger partial charge in [0.25, 0.3) is 0 Å². The molecule has 0 saturated carbocycles. The third kappa shape index (κ3) is 2.96. The SMILES string of the molecule is CCc1csc(C2=C(O)CN(CCN3CCCC3)C2=N)n1. The van der Waals surface area contributed by atoms with Crippen molar-refractivity contribution in [3.05, 3.63) is 21.8 Å². The topological polar surface area (TPSA) is 63.5 Å². The molecular weight excluding hydrogens is 284 g/mol. The van der Waals surface area contributed by atoms with Gasteiger partial charge in [-0.1, -0.05) is 6.92 Å². The number of hydrogen-bond donors (Lipinski definition) is 2. The van der Waals surface area contributed by atoms with Crippen LogP contribution in [0.15, 0.2) is 11.1 Å². The molecule has 21 heavy (non-hydrogen) atoms. The van der Waals surface area contributed by atoms with Gasteiger partial charge in [-0.15, -0.1) is 11.3 Å². The molecule has 1 saturated heterocycles. The van der Waals surface area contributed by atoms with Gasteiger partial charge in [0.2, 0.25) is 0 Å². The van der Waals surface area contributed by atoms with Crippen molar-refractivity contribution in [3.63, 3.8) is 0 Å². The fraction of sp³-hybridized carbons (Fsp3) is 0.600. The van der Waals surface area contributed by atoms with Crippen LogP contribution in [0.3, 0.4) is 0 Å². The van der Waals surface area contributed by atoms with E-state index in [1.807, 2.05) is 10.3 Å². The second kappa shape index (κ2) is 6.15. The molecule has 3 heterocycles. The van der Waals surface area contributed by atoms with Crippen molar-refractivity contribution in [2.45, 2.75) is 26.2 Å². The van der Waals surface area contributed by atoms with Crippen LogP contribution in [0.2, 0.25) is 0 Å². The van der Waals surface area contributed by atoms with Gasteiger partial charge in [-0.25, -0.2) is 4.98 Å². The standard InChI is InChI=1S/C15H22N4OS/c1-2-11-10-21-15(17-11)13-12(20)9-19(14(13)16)8-7-18-5-3-4-6-18/h10,16,20H,2-9H2,1H3. The molecular formula is C15H22N4OS.